The van der Waals surface area contributed by atoms with Crippen LogP contribution in [0.3, 0.4) is 0 Å². The van der Waals surface area contributed by atoms with E-state index in [-0.39, 0.29) is 32.6 Å². The maximum atomic E-state index is 11.4. The molecule has 0 aliphatic carbocycles. The van der Waals surface area contributed by atoms with Gasteiger partial charge in [0.2, 0.25) is 10.6 Å². The summed E-state index contributed by atoms with van der Waals surface area (Å²) >= 11 is 17.4. The minimum absolute atomic E-state index is 0.00702. The number of nitrogens with one attached hydrogen (secondary N) is 1. The van der Waals surface area contributed by atoms with E-state index < -0.39 is 28.2 Å². The van der Waals surface area contributed by atoms with Crippen LogP contribution in [0.5, 0.6) is 0 Å². The van der Waals surface area contributed by atoms with Crippen LogP contribution in [0.2, 0.25) is 15.7 Å². The number of hydrogen-bond donors (Lipinski definition) is 1. The molecule has 0 saturated carbocycles. The molecule has 0 atom stereocenters. The van der Waals surface area contributed by atoms with Crippen LogP contribution >= 0.6 is 34.8 Å². The van der Waals surface area contributed by atoms with Crippen molar-refractivity contribution in [2.75, 3.05) is 5.32 Å². The van der Waals surface area contributed by atoms with Crippen molar-refractivity contribution < 1.29 is 24.1 Å². The van der Waals surface area contributed by atoms with Crippen molar-refractivity contribution in [3.63, 3.8) is 0 Å². The first kappa shape index (κ1) is 66.4. The zero-order valence-corrected chi connectivity index (χ0v) is 54.8. The van der Waals surface area contributed by atoms with E-state index in [9.17, 15) is 30.3 Å². The fourth-order valence-corrected chi connectivity index (χ4v) is 11.5. The number of fused-ring (bicyclic) bond motifs is 5. The second-order valence-electron chi connectivity index (χ2n) is 23.0. The van der Waals surface area contributed by atoms with Crippen molar-refractivity contribution in [2.45, 2.75) is 38.9 Å². The number of aromatic nitrogens is 8. The highest BCUT2D eigenvalue weighted by Gasteiger charge is 2.53. The van der Waals surface area contributed by atoms with Gasteiger partial charge in [0.05, 0.1) is 92.8 Å². The van der Waals surface area contributed by atoms with Gasteiger partial charge in [-0.3, -0.25) is 30.3 Å². The van der Waals surface area contributed by atoms with Crippen molar-refractivity contribution in [1.82, 2.24) is 39.9 Å². The Labute approximate surface area is 575 Å². The van der Waals surface area contributed by atoms with Crippen molar-refractivity contribution >= 4 is 119 Å². The van der Waals surface area contributed by atoms with E-state index in [1.807, 2.05) is 179 Å². The minimum atomic E-state index is -0.698. The van der Waals surface area contributed by atoms with Gasteiger partial charge < -0.3 is 14.6 Å². The van der Waals surface area contributed by atoms with Crippen molar-refractivity contribution in [1.29, 1.82) is 0 Å². The summed E-state index contributed by atoms with van der Waals surface area (Å²) in [6.45, 7) is 7.67. The van der Waals surface area contributed by atoms with E-state index in [0.717, 1.165) is 77.7 Å². The summed E-state index contributed by atoms with van der Waals surface area (Å²) in [5, 5.41) is 41.1. The number of benzene rings is 10. The highest BCUT2D eigenvalue weighted by atomic mass is 35.5. The van der Waals surface area contributed by atoms with Crippen molar-refractivity contribution in [2.24, 2.45) is 0 Å². The summed E-state index contributed by atoms with van der Waals surface area (Å²) in [5.41, 5.74) is 10.8. The van der Waals surface area contributed by atoms with E-state index >= 15 is 0 Å². The number of rotatable bonds is 8. The summed E-state index contributed by atoms with van der Waals surface area (Å²) in [4.78, 5) is 67.4. The van der Waals surface area contributed by atoms with E-state index in [0.29, 0.717) is 44.5 Å². The molecule has 0 spiro atoms. The topological polar surface area (TPSA) is 263 Å². The lowest BCUT2D eigenvalue weighted by molar-refractivity contribution is -0.384. The van der Waals surface area contributed by atoms with E-state index in [2.05, 4.69) is 53.4 Å². The molecule has 0 radical (unpaired) electrons. The molecule has 24 heteroatoms. The third kappa shape index (κ3) is 14.3. The first-order valence-electron chi connectivity index (χ1n) is 30.4. The van der Waals surface area contributed by atoms with Crippen LogP contribution in [0.15, 0.2) is 249 Å². The normalized spacial score (nSPS) is 12.8. The number of anilines is 2. The molecule has 1 saturated heterocycles. The maximum absolute atomic E-state index is 11.4. The fourth-order valence-electron chi connectivity index (χ4n) is 10.9. The Kier molecular flexibility index (Phi) is 19.5. The molecule has 10 aromatic carbocycles. The Hall–Kier alpha value is -11.6. The van der Waals surface area contributed by atoms with E-state index in [1.54, 1.807) is 60.7 Å². The molecule has 14 aromatic rings. The van der Waals surface area contributed by atoms with Gasteiger partial charge in [-0.2, -0.15) is 0 Å². The van der Waals surface area contributed by atoms with Crippen LogP contribution in [0, 0.1) is 30.3 Å². The fraction of sp³-hybridized carbons (Fsp3) is 0.0811. The quantitative estimate of drug-likeness (QED) is 0.0487. The van der Waals surface area contributed by atoms with Gasteiger partial charge >= 0.3 is 7.12 Å². The monoisotopic (exact) mass is 1350 g/mol. The van der Waals surface area contributed by atoms with Gasteiger partial charge in [-0.25, -0.2) is 39.9 Å². The smallest absolute Gasteiger partial charge is 0.399 e. The maximum Gasteiger partial charge on any atom is 0.501 e. The molecule has 0 unspecified atom stereocenters. The SMILES string of the molecule is CC1(C)OB(c2ccccc2[N+](=O)[O-])OC1(C)C.Clc1nc(Cl)c2ccccc2n1.O=[N+]([O-])c1ccccc1-c1nc(-c2ccccc2)nc2ccccc12.O=[N+]([O-])c1ccccc1-c1nc(Cl)nc2ccccc12.c1ccc(-c2nc3c4c(cccc4n2)Nc2ccccc2-3)cc1. The summed E-state index contributed by atoms with van der Waals surface area (Å²) in [6, 6.07) is 76.0. The van der Waals surface area contributed by atoms with Gasteiger partial charge in [-0.05, 0) is 105 Å². The van der Waals surface area contributed by atoms with Gasteiger partial charge in [0.1, 0.15) is 5.15 Å². The van der Waals surface area contributed by atoms with Gasteiger partial charge in [0.25, 0.3) is 17.1 Å². The van der Waals surface area contributed by atoms with Gasteiger partial charge in [-0.15, -0.1) is 0 Å². The average Bonchev–Trinajstić information content (AvgIpc) is 1.13. The lowest BCUT2D eigenvalue weighted by Crippen LogP contribution is -2.41. The molecule has 482 valence electrons. The first-order chi connectivity index (χ1) is 47.3. The molecule has 2 aliphatic heterocycles. The molecule has 2 aliphatic rings. The van der Waals surface area contributed by atoms with Crippen LogP contribution in [0.25, 0.3) is 100 Å². The van der Waals surface area contributed by atoms with Crippen molar-refractivity contribution in [3.05, 3.63) is 295 Å². The Morgan fingerprint density at radius 3 is 1.31 bits per heavy atom. The molecule has 0 amide bonds. The summed E-state index contributed by atoms with van der Waals surface area (Å²) in [5.74, 6) is 1.31. The van der Waals surface area contributed by atoms with Crippen LogP contribution in [-0.4, -0.2) is 73.0 Å². The largest absolute Gasteiger partial charge is 0.501 e. The van der Waals surface area contributed by atoms with Crippen molar-refractivity contribution in [3.8, 4) is 56.5 Å². The Balaban J connectivity index is 0.000000119. The van der Waals surface area contributed by atoms with Crippen LogP contribution in [-0.2, 0) is 9.31 Å². The minimum Gasteiger partial charge on any atom is -0.399 e. The summed E-state index contributed by atoms with van der Waals surface area (Å²) < 4.78 is 11.6. The predicted molar refractivity (Wildman–Crippen MR) is 386 cm³/mol. The third-order valence-electron chi connectivity index (χ3n) is 16.3. The molecule has 0 bridgehead atoms. The number of hydrogen-bond acceptors (Lipinski definition) is 17. The second-order valence-corrected chi connectivity index (χ2v) is 24.1. The van der Waals surface area contributed by atoms with Gasteiger partial charge in [0.15, 0.2) is 11.6 Å². The number of para-hydroxylation sites is 7. The molecule has 20 nitrogen and oxygen atoms in total. The molecule has 1 fully saturated rings. The first-order valence-corrected chi connectivity index (χ1v) is 31.6. The second kappa shape index (κ2) is 28.8. The number of nitrogens with zero attached hydrogens (tertiary/aromatic N) is 11. The number of nitro benzene ring substituents is 3. The molecular formula is C74H54BCl3N12O8. The van der Waals surface area contributed by atoms with Gasteiger partial charge in [0, 0.05) is 56.7 Å². The number of halogens is 3. The third-order valence-corrected chi connectivity index (χ3v) is 16.9. The zero-order chi connectivity index (χ0) is 68.7. The Morgan fingerprint density at radius 2 is 0.755 bits per heavy atom. The standard InChI is InChI=1S/C20H13N3O2.C20H13N3.C14H8ClN3O2.C12H16BNO4.C8H4Cl2N2/c24-23(25)18-13-7-5-11-16(18)19-15-10-4-6-12-17(15)21-20(22-19)14-8-2-1-3-9-14;1-2-7-13(8-3-1)20-22-17-12-6-11-16-18(17)19(23-20)14-9-4-5-10-15(14)21-16;15-14-16-11-7-3-1-5-9(11)13(17-14)10-6-2-4-8-12(10)18(19)20;1-11(2)12(3,4)18-13(17-11)9-7-5-6-8-10(9)14(15)16;9-7-5-3-1-2-4-6(5)11-8(10)12-7/h1-13H;1-12,21H;1-8H;5-8H,1-4H3;1-4H. The van der Waals surface area contributed by atoms with E-state index in [4.69, 9.17) is 54.1 Å². The molecule has 4 aromatic heterocycles. The highest BCUT2D eigenvalue weighted by molar-refractivity contribution is 6.63. The lowest BCUT2D eigenvalue weighted by atomic mass is 9.78. The lowest BCUT2D eigenvalue weighted by Gasteiger charge is -2.32. The van der Waals surface area contributed by atoms with Crippen LogP contribution in [0.4, 0.5) is 28.4 Å². The summed E-state index contributed by atoms with van der Waals surface area (Å²) in [6.07, 6.45) is 0. The molecule has 1 N–H and O–H groups in total. The summed E-state index contributed by atoms with van der Waals surface area (Å²) in [7, 11) is -0.698. The Bertz CT molecular complexity index is 5340. The predicted octanol–water partition coefficient (Wildman–Crippen LogP) is 18.6. The highest BCUT2D eigenvalue weighted by Crippen LogP contribution is 2.44. The van der Waals surface area contributed by atoms with Gasteiger partial charge in [-0.1, -0.05) is 188 Å². The van der Waals surface area contributed by atoms with Crippen LogP contribution < -0.4 is 10.8 Å². The number of nitro groups is 3. The molecule has 16 rings (SSSR count). The average molecular weight is 1360 g/mol. The Morgan fingerprint density at radius 1 is 0.367 bits per heavy atom. The molecule has 98 heavy (non-hydrogen) atoms. The van der Waals surface area contributed by atoms with Crippen LogP contribution in [0.1, 0.15) is 27.7 Å². The zero-order valence-electron chi connectivity index (χ0n) is 52.6. The molecular weight excluding hydrogens is 1300 g/mol. The molecule has 6 heterocycles. The van der Waals surface area contributed by atoms with E-state index in [1.165, 1.54) is 18.2 Å².